The molecule has 3 N–H and O–H groups in total. The number of piperidine rings is 1. The summed E-state index contributed by atoms with van der Waals surface area (Å²) in [5.74, 6) is 0.627. The second-order valence-electron chi connectivity index (χ2n) is 12.1. The van der Waals surface area contributed by atoms with Crippen LogP contribution in [0.5, 0.6) is 0 Å². The third-order valence-electron chi connectivity index (χ3n) is 9.76. The molecule has 2 bridgehead atoms. The Morgan fingerprint density at radius 1 is 1.19 bits per heavy atom. The molecule has 1 saturated heterocycles. The number of para-hydroxylation sites is 2. The van der Waals surface area contributed by atoms with Crippen LogP contribution in [0, 0.1) is 23.0 Å². The lowest BCUT2D eigenvalue weighted by Gasteiger charge is -2.54. The molecule has 5 heterocycles. The molecule has 0 aliphatic carbocycles. The number of benzene rings is 2. The predicted molar refractivity (Wildman–Crippen MR) is 160 cm³/mol. The molecule has 2 aromatic heterocycles. The SMILES string of the molecule is CC[C@H](C)[C@H](NC(=O)[C@@H]1Cc2cc(N([O-])O)ccc2N2CC3CC(Cn4c3cccc4=O)[C@@H]12)c1nc2ccccc2[nH]1. The maximum Gasteiger partial charge on any atom is 0.250 e. The topological polar surface area (TPSA) is 130 Å². The van der Waals surface area contributed by atoms with Gasteiger partial charge in [-0.15, -0.1) is 0 Å². The molecule has 0 spiro atoms. The first-order chi connectivity index (χ1) is 20.3. The number of imidazole rings is 1. The minimum atomic E-state index is -0.422. The number of aromatic amines is 1. The smallest absolute Gasteiger partial charge is 0.250 e. The molecule has 0 radical (unpaired) electrons. The highest BCUT2D eigenvalue weighted by molar-refractivity contribution is 5.83. The lowest BCUT2D eigenvalue weighted by molar-refractivity contribution is -0.128. The Hall–Kier alpha value is -4.15. The number of fused-ring (bicyclic) bond motifs is 9. The van der Waals surface area contributed by atoms with Gasteiger partial charge in [0, 0.05) is 42.5 Å². The van der Waals surface area contributed by atoms with Crippen LogP contribution in [0.4, 0.5) is 11.4 Å². The summed E-state index contributed by atoms with van der Waals surface area (Å²) in [6, 6.07) is 18.1. The van der Waals surface area contributed by atoms with Crippen LogP contribution in [0.2, 0.25) is 0 Å². The summed E-state index contributed by atoms with van der Waals surface area (Å²) < 4.78 is 1.89. The first kappa shape index (κ1) is 26.7. The zero-order valence-electron chi connectivity index (χ0n) is 23.7. The number of nitrogens with zero attached hydrogens (tertiary/aromatic N) is 4. The maximum absolute atomic E-state index is 14.4. The summed E-state index contributed by atoms with van der Waals surface area (Å²) in [6.45, 7) is 5.45. The van der Waals surface area contributed by atoms with Gasteiger partial charge >= 0.3 is 0 Å². The first-order valence-electron chi connectivity index (χ1n) is 14.8. The zero-order valence-corrected chi connectivity index (χ0v) is 23.7. The summed E-state index contributed by atoms with van der Waals surface area (Å²) in [5.41, 5.74) is 4.79. The van der Waals surface area contributed by atoms with Gasteiger partial charge in [-0.2, -0.15) is 0 Å². The molecule has 10 nitrogen and oxygen atoms in total. The Bertz CT molecular complexity index is 1680. The van der Waals surface area contributed by atoms with Gasteiger partial charge in [0.1, 0.15) is 5.82 Å². The van der Waals surface area contributed by atoms with Crippen molar-refractivity contribution in [3.05, 3.63) is 93.3 Å². The number of H-pyrrole nitrogens is 1. The number of hydrogen-bond acceptors (Lipinski definition) is 7. The molecule has 7 rings (SSSR count). The third-order valence-corrected chi connectivity index (χ3v) is 9.76. The van der Waals surface area contributed by atoms with Crippen molar-refractivity contribution in [3.8, 4) is 0 Å². The highest BCUT2D eigenvalue weighted by Gasteiger charge is 2.49. The molecule has 1 amide bonds. The fourth-order valence-corrected chi connectivity index (χ4v) is 7.55. The molecule has 4 aromatic rings. The van der Waals surface area contributed by atoms with Gasteiger partial charge in [-0.25, -0.2) is 4.98 Å². The molecule has 42 heavy (non-hydrogen) atoms. The van der Waals surface area contributed by atoms with Crippen molar-refractivity contribution in [2.75, 3.05) is 16.7 Å². The van der Waals surface area contributed by atoms with E-state index >= 15 is 0 Å². The van der Waals surface area contributed by atoms with Gasteiger partial charge < -0.3 is 30.2 Å². The second-order valence-corrected chi connectivity index (χ2v) is 12.1. The molecule has 0 saturated carbocycles. The molecule has 2 aromatic carbocycles. The van der Waals surface area contributed by atoms with E-state index in [1.807, 2.05) is 47.0 Å². The Labute approximate surface area is 243 Å². The van der Waals surface area contributed by atoms with Gasteiger partial charge in [-0.3, -0.25) is 14.8 Å². The molecule has 218 valence electrons. The van der Waals surface area contributed by atoms with E-state index < -0.39 is 5.92 Å². The molecule has 3 aliphatic rings. The van der Waals surface area contributed by atoms with Gasteiger partial charge in [0.15, 0.2) is 0 Å². The molecule has 1 fully saturated rings. The lowest BCUT2D eigenvalue weighted by Crippen LogP contribution is -2.61. The van der Waals surface area contributed by atoms with Crippen molar-refractivity contribution in [3.63, 3.8) is 0 Å². The van der Waals surface area contributed by atoms with E-state index in [2.05, 4.69) is 29.0 Å². The monoisotopic (exact) mass is 567 g/mol. The number of rotatable bonds is 6. The summed E-state index contributed by atoms with van der Waals surface area (Å²) in [5, 5.41) is 24.7. The van der Waals surface area contributed by atoms with Crippen molar-refractivity contribution in [2.45, 2.75) is 57.7 Å². The first-order valence-corrected chi connectivity index (χ1v) is 14.8. The fraction of sp³-hybridized carbons (Fsp3) is 0.406. The van der Waals surface area contributed by atoms with Crippen LogP contribution in [0.1, 0.15) is 55.7 Å². The number of amides is 1. The van der Waals surface area contributed by atoms with Crippen molar-refractivity contribution in [2.24, 2.45) is 17.8 Å². The van der Waals surface area contributed by atoms with E-state index in [-0.39, 0.29) is 52.2 Å². The van der Waals surface area contributed by atoms with E-state index in [1.54, 1.807) is 18.2 Å². The van der Waals surface area contributed by atoms with Crippen LogP contribution in [0.25, 0.3) is 11.0 Å². The van der Waals surface area contributed by atoms with Crippen molar-refractivity contribution in [1.82, 2.24) is 19.9 Å². The van der Waals surface area contributed by atoms with Crippen LogP contribution >= 0.6 is 0 Å². The minimum Gasteiger partial charge on any atom is -0.733 e. The quantitative estimate of drug-likeness (QED) is 0.293. The van der Waals surface area contributed by atoms with Gasteiger partial charge in [0.25, 0.3) is 5.56 Å². The normalized spacial score (nSPS) is 23.9. The van der Waals surface area contributed by atoms with Gasteiger partial charge in [0.05, 0.1) is 28.7 Å². The number of pyridine rings is 1. The van der Waals surface area contributed by atoms with Gasteiger partial charge in [-0.05, 0) is 66.6 Å². The Kier molecular flexibility index (Phi) is 6.55. The Morgan fingerprint density at radius 3 is 2.81 bits per heavy atom. The third kappa shape index (κ3) is 4.37. The highest BCUT2D eigenvalue weighted by Crippen LogP contribution is 2.48. The van der Waals surface area contributed by atoms with Crippen LogP contribution in [0.15, 0.2) is 65.5 Å². The number of anilines is 2. The number of aromatic nitrogens is 3. The summed E-state index contributed by atoms with van der Waals surface area (Å²) in [4.78, 5) is 37.8. The van der Waals surface area contributed by atoms with E-state index in [4.69, 9.17) is 4.98 Å². The van der Waals surface area contributed by atoms with E-state index in [0.29, 0.717) is 19.5 Å². The maximum atomic E-state index is 14.4. The summed E-state index contributed by atoms with van der Waals surface area (Å²) >= 11 is 0. The van der Waals surface area contributed by atoms with E-state index in [9.17, 15) is 20.0 Å². The summed E-state index contributed by atoms with van der Waals surface area (Å²) in [7, 11) is 0. The minimum absolute atomic E-state index is 0.00212. The average molecular weight is 568 g/mol. The number of carbonyl (C=O) groups is 1. The van der Waals surface area contributed by atoms with Crippen LogP contribution in [-0.4, -0.2) is 38.2 Å². The average Bonchev–Trinajstić information content (AvgIpc) is 3.43. The van der Waals surface area contributed by atoms with Crippen LogP contribution in [-0.2, 0) is 17.8 Å². The van der Waals surface area contributed by atoms with Gasteiger partial charge in [0.2, 0.25) is 5.91 Å². The summed E-state index contributed by atoms with van der Waals surface area (Å²) in [6.07, 6.45) is 2.19. The number of hydrogen-bond donors (Lipinski definition) is 3. The lowest BCUT2D eigenvalue weighted by atomic mass is 9.70. The zero-order chi connectivity index (χ0) is 29.1. The van der Waals surface area contributed by atoms with E-state index in [1.165, 1.54) is 0 Å². The molecular weight excluding hydrogens is 532 g/mol. The molecule has 3 aliphatic heterocycles. The van der Waals surface area contributed by atoms with Crippen molar-refractivity contribution < 1.29 is 10.0 Å². The fourth-order valence-electron chi connectivity index (χ4n) is 7.55. The molecular formula is C32H35N6O4-. The Morgan fingerprint density at radius 2 is 2.02 bits per heavy atom. The predicted octanol–water partition coefficient (Wildman–Crippen LogP) is 4.49. The second kappa shape index (κ2) is 10.3. The van der Waals surface area contributed by atoms with Crippen LogP contribution in [0.3, 0.4) is 0 Å². The van der Waals surface area contributed by atoms with Crippen molar-refractivity contribution in [1.29, 1.82) is 0 Å². The highest BCUT2D eigenvalue weighted by atomic mass is 16.8. The molecule has 6 atom stereocenters. The standard InChI is InChI=1S/C32H35N6O4/c1-3-18(2)29(31-33-24-7-4-5-8-25(24)34-31)35-32(40)23-15-19-14-22(38(41)42)11-12-27(19)37-16-20-13-21(30(23)37)17-36-26(20)9-6-10-28(36)39/h4-12,14,18,20-21,23,29-30,41H,3,13,15-17H2,1-2H3,(H,33,34)(H,35,40)/q-1/t18-,20?,21?,23+,29-,30-/m0/s1. The number of carbonyl (C=O) groups excluding carboxylic acids is 1. The molecule has 10 heteroatoms. The molecule has 2 unspecified atom stereocenters. The largest absolute Gasteiger partial charge is 0.733 e. The van der Waals surface area contributed by atoms with E-state index in [0.717, 1.165) is 46.6 Å². The Balaban J connectivity index is 1.28. The van der Waals surface area contributed by atoms with Crippen molar-refractivity contribution >= 4 is 28.3 Å². The van der Waals surface area contributed by atoms with Gasteiger partial charge in [-0.1, -0.05) is 38.5 Å². The van der Waals surface area contributed by atoms with Crippen LogP contribution < -0.4 is 21.0 Å². The number of nitrogens with one attached hydrogen (secondary N) is 2.